The third-order valence-electron chi connectivity index (χ3n) is 2.47. The van der Waals surface area contributed by atoms with Gasteiger partial charge in [0.05, 0.1) is 0 Å². The molecule has 0 saturated carbocycles. The molecule has 0 spiro atoms. The Hall–Kier alpha value is -1.41. The van der Waals surface area contributed by atoms with Crippen molar-refractivity contribution in [3.63, 3.8) is 0 Å². The summed E-state index contributed by atoms with van der Waals surface area (Å²) < 4.78 is 0. The molecule has 1 nitrogen and oxygen atoms in total. The average Bonchev–Trinajstić information content (AvgIpc) is 2.31. The molecular weight excluding hydrogens is 216 g/mol. The van der Waals surface area contributed by atoms with Gasteiger partial charge in [0.1, 0.15) is 17.8 Å². The van der Waals surface area contributed by atoms with Crippen LogP contribution in [-0.4, -0.2) is 11.4 Å². The Morgan fingerprint density at radius 3 is 2.19 bits per heavy atom. The van der Waals surface area contributed by atoms with Gasteiger partial charge in [-0.05, 0) is 24.3 Å². The molecule has 0 heterocycles. The van der Waals surface area contributed by atoms with Gasteiger partial charge in [0.2, 0.25) is 0 Å². The molecule has 0 amide bonds. The first-order valence-corrected chi connectivity index (χ1v) is 7.01. The summed E-state index contributed by atoms with van der Waals surface area (Å²) in [7, 11) is 0.196. The van der Waals surface area contributed by atoms with Gasteiger partial charge in [-0.3, -0.25) is 0 Å². The minimum atomic E-state index is 0.196. The van der Waals surface area contributed by atoms with Gasteiger partial charge in [-0.1, -0.05) is 30.3 Å². The first-order chi connectivity index (χ1) is 7.75. The summed E-state index contributed by atoms with van der Waals surface area (Å²) in [6.07, 6.45) is 2.24. The molecule has 0 aliphatic rings. The predicted octanol–water partition coefficient (Wildman–Crippen LogP) is 3.20. The first-order valence-electron chi connectivity index (χ1n) is 5.21. The van der Waals surface area contributed by atoms with Crippen LogP contribution in [0.3, 0.4) is 0 Å². The van der Waals surface area contributed by atoms with Crippen molar-refractivity contribution in [3.8, 4) is 5.75 Å². The largest absolute Gasteiger partial charge is 0.508 e. The van der Waals surface area contributed by atoms with Crippen molar-refractivity contribution in [3.05, 3.63) is 60.2 Å². The molecule has 82 valence electrons. The minimum absolute atomic E-state index is 0.196. The molecule has 1 atom stereocenters. The summed E-state index contributed by atoms with van der Waals surface area (Å²) in [5.74, 6) is 1.39. The van der Waals surface area contributed by atoms with Crippen LogP contribution in [0.4, 0.5) is 0 Å². The summed E-state index contributed by atoms with van der Waals surface area (Å²) >= 11 is 0. The van der Waals surface area contributed by atoms with Crippen molar-refractivity contribution < 1.29 is 5.11 Å². The quantitative estimate of drug-likeness (QED) is 0.804. The number of hydrogen-bond donors (Lipinski definition) is 1. The van der Waals surface area contributed by atoms with E-state index in [4.69, 9.17) is 0 Å². The van der Waals surface area contributed by atoms with E-state index < -0.39 is 0 Å². The number of hydrogen-bond acceptors (Lipinski definition) is 1. The van der Waals surface area contributed by atoms with E-state index in [1.165, 1.54) is 10.5 Å². The van der Waals surface area contributed by atoms with Crippen LogP contribution in [0.15, 0.2) is 59.5 Å². The molecule has 2 aromatic carbocycles. The molecule has 0 saturated heterocycles. The van der Waals surface area contributed by atoms with Crippen molar-refractivity contribution in [2.75, 3.05) is 6.26 Å². The highest BCUT2D eigenvalue weighted by Crippen LogP contribution is 2.19. The van der Waals surface area contributed by atoms with E-state index in [-0.39, 0.29) is 10.9 Å². The molecule has 2 aromatic rings. The van der Waals surface area contributed by atoms with Crippen LogP contribution in [0, 0.1) is 0 Å². The summed E-state index contributed by atoms with van der Waals surface area (Å²) in [5, 5.41) is 9.23. The molecule has 0 fully saturated rings. The van der Waals surface area contributed by atoms with Gasteiger partial charge in [0, 0.05) is 16.5 Å². The lowest BCUT2D eigenvalue weighted by Crippen LogP contribution is -2.03. The van der Waals surface area contributed by atoms with Crippen LogP contribution in [-0.2, 0) is 16.6 Å². The van der Waals surface area contributed by atoms with Crippen molar-refractivity contribution in [1.29, 1.82) is 0 Å². The molecule has 0 aliphatic carbocycles. The average molecular weight is 231 g/mol. The maximum absolute atomic E-state index is 9.23. The summed E-state index contributed by atoms with van der Waals surface area (Å²) in [6, 6.07) is 18.0. The maximum Gasteiger partial charge on any atom is 0.155 e. The Morgan fingerprint density at radius 1 is 0.938 bits per heavy atom. The van der Waals surface area contributed by atoms with E-state index >= 15 is 0 Å². The van der Waals surface area contributed by atoms with Crippen LogP contribution in [0.1, 0.15) is 5.56 Å². The molecule has 1 N–H and O–H groups in total. The smallest absolute Gasteiger partial charge is 0.155 e. The number of aromatic hydroxyl groups is 1. The van der Waals surface area contributed by atoms with E-state index in [0.29, 0.717) is 5.75 Å². The molecular formula is C14H15OS+. The van der Waals surface area contributed by atoms with Gasteiger partial charge in [0.15, 0.2) is 4.90 Å². The topological polar surface area (TPSA) is 20.2 Å². The van der Waals surface area contributed by atoms with E-state index in [1.807, 2.05) is 18.2 Å². The Morgan fingerprint density at radius 2 is 1.56 bits per heavy atom. The molecule has 0 aliphatic heterocycles. The summed E-state index contributed by atoms with van der Waals surface area (Å²) in [4.78, 5) is 1.29. The zero-order chi connectivity index (χ0) is 11.4. The van der Waals surface area contributed by atoms with E-state index in [1.54, 1.807) is 12.1 Å². The second-order valence-electron chi connectivity index (χ2n) is 3.76. The van der Waals surface area contributed by atoms with Gasteiger partial charge in [-0.2, -0.15) is 0 Å². The van der Waals surface area contributed by atoms with Gasteiger partial charge in [-0.15, -0.1) is 0 Å². The fourth-order valence-electron chi connectivity index (χ4n) is 1.59. The van der Waals surface area contributed by atoms with E-state index in [2.05, 4.69) is 30.5 Å². The Bertz CT molecular complexity index is 436. The zero-order valence-electron chi connectivity index (χ0n) is 9.26. The first kappa shape index (κ1) is 11.1. The molecule has 0 radical (unpaired) electrons. The predicted molar refractivity (Wildman–Crippen MR) is 69.8 cm³/mol. The standard InChI is InChI=1S/C14H14OS/c1-16(11-12-5-3-2-4-6-12)14-9-7-13(15)8-10-14/h2-10H,11H2,1H3/p+1. The maximum atomic E-state index is 9.23. The van der Waals surface area contributed by atoms with Gasteiger partial charge >= 0.3 is 0 Å². The van der Waals surface area contributed by atoms with Crippen LogP contribution >= 0.6 is 0 Å². The molecule has 0 bridgehead atoms. The third kappa shape index (κ3) is 2.80. The number of benzene rings is 2. The number of phenols is 1. The highest BCUT2D eigenvalue weighted by molar-refractivity contribution is 7.95. The van der Waals surface area contributed by atoms with Gasteiger partial charge < -0.3 is 5.11 Å². The number of rotatable bonds is 3. The van der Waals surface area contributed by atoms with Crippen molar-refractivity contribution in [2.24, 2.45) is 0 Å². The number of phenolic OH excluding ortho intramolecular Hbond substituents is 1. The lowest BCUT2D eigenvalue weighted by Gasteiger charge is -2.03. The van der Waals surface area contributed by atoms with Crippen LogP contribution in [0.25, 0.3) is 0 Å². The minimum Gasteiger partial charge on any atom is -0.508 e. The molecule has 1 unspecified atom stereocenters. The SMILES string of the molecule is C[S+](Cc1ccccc1)c1ccc(O)cc1. The fraction of sp³-hybridized carbons (Fsp3) is 0.143. The summed E-state index contributed by atoms with van der Waals surface area (Å²) in [5.41, 5.74) is 1.36. The second kappa shape index (κ2) is 5.08. The lowest BCUT2D eigenvalue weighted by atomic mass is 10.2. The van der Waals surface area contributed by atoms with Crippen LogP contribution in [0.2, 0.25) is 0 Å². The molecule has 2 rings (SSSR count). The zero-order valence-corrected chi connectivity index (χ0v) is 10.1. The Balaban J connectivity index is 2.09. The van der Waals surface area contributed by atoms with Crippen LogP contribution < -0.4 is 0 Å². The Kier molecular flexibility index (Phi) is 3.52. The Labute approximate surface area is 99.1 Å². The van der Waals surface area contributed by atoms with Crippen LogP contribution in [0.5, 0.6) is 5.75 Å². The fourth-order valence-corrected chi connectivity index (χ4v) is 3.05. The monoisotopic (exact) mass is 231 g/mol. The highest BCUT2D eigenvalue weighted by atomic mass is 32.2. The molecule has 16 heavy (non-hydrogen) atoms. The normalized spacial score (nSPS) is 12.3. The molecule has 2 heteroatoms. The van der Waals surface area contributed by atoms with E-state index in [9.17, 15) is 5.11 Å². The highest BCUT2D eigenvalue weighted by Gasteiger charge is 2.15. The lowest BCUT2D eigenvalue weighted by molar-refractivity contribution is 0.475. The molecule has 0 aromatic heterocycles. The summed E-state index contributed by atoms with van der Waals surface area (Å²) in [6.45, 7) is 0. The van der Waals surface area contributed by atoms with Crippen molar-refractivity contribution in [1.82, 2.24) is 0 Å². The third-order valence-corrected chi connectivity index (χ3v) is 4.31. The van der Waals surface area contributed by atoms with Gasteiger partial charge in [0.25, 0.3) is 0 Å². The van der Waals surface area contributed by atoms with E-state index in [0.717, 1.165) is 5.75 Å². The second-order valence-corrected chi connectivity index (χ2v) is 5.80. The van der Waals surface area contributed by atoms with Crippen molar-refractivity contribution >= 4 is 10.9 Å². The van der Waals surface area contributed by atoms with Gasteiger partial charge in [-0.25, -0.2) is 0 Å². The van der Waals surface area contributed by atoms with Crippen molar-refractivity contribution in [2.45, 2.75) is 10.6 Å².